The van der Waals surface area contributed by atoms with Crippen LogP contribution in [0.2, 0.25) is 0 Å². The molecule has 0 amide bonds. The maximum atomic E-state index is 4.08. The second kappa shape index (κ2) is 5.35. The summed E-state index contributed by atoms with van der Waals surface area (Å²) in [6.07, 6.45) is 4.85. The summed E-state index contributed by atoms with van der Waals surface area (Å²) < 4.78 is 0. The first-order valence-corrected chi connectivity index (χ1v) is 5.27. The van der Waals surface area contributed by atoms with Gasteiger partial charge in [0.1, 0.15) is 0 Å². The molecule has 0 aliphatic carbocycles. The van der Waals surface area contributed by atoms with Crippen molar-refractivity contribution in [2.24, 2.45) is 0 Å². The van der Waals surface area contributed by atoms with Crippen molar-refractivity contribution >= 4 is 5.57 Å². The van der Waals surface area contributed by atoms with Crippen molar-refractivity contribution in [2.75, 3.05) is 0 Å². The fourth-order valence-electron chi connectivity index (χ4n) is 1.45. The van der Waals surface area contributed by atoms with E-state index in [0.717, 1.165) is 17.6 Å². The Hall–Kier alpha value is -1.56. The Labute approximate surface area is 92.6 Å². The first-order chi connectivity index (χ1) is 7.19. The highest BCUT2D eigenvalue weighted by molar-refractivity contribution is 5.76. The maximum absolute atomic E-state index is 4.08. The highest BCUT2D eigenvalue weighted by Crippen LogP contribution is 2.21. The van der Waals surface area contributed by atoms with Crippen molar-refractivity contribution in [3.63, 3.8) is 0 Å². The Balaban J connectivity index is 2.92. The first-order valence-electron chi connectivity index (χ1n) is 5.27. The summed E-state index contributed by atoms with van der Waals surface area (Å²) in [7, 11) is 0. The van der Waals surface area contributed by atoms with Gasteiger partial charge in [-0.25, -0.2) is 0 Å². The second-order valence-electron chi connectivity index (χ2n) is 3.61. The van der Waals surface area contributed by atoms with E-state index in [-0.39, 0.29) is 0 Å². The van der Waals surface area contributed by atoms with Gasteiger partial charge in [0.25, 0.3) is 0 Å². The van der Waals surface area contributed by atoms with Crippen LogP contribution in [0, 0.1) is 0 Å². The molecular weight excluding hydrogens is 180 g/mol. The smallest absolute Gasteiger partial charge is 0.0187 e. The molecule has 1 aromatic carbocycles. The molecule has 1 aromatic rings. The first kappa shape index (κ1) is 11.5. The van der Waals surface area contributed by atoms with E-state index in [2.05, 4.69) is 51.3 Å². The van der Waals surface area contributed by atoms with Crippen LogP contribution in [0.15, 0.2) is 55.1 Å². The van der Waals surface area contributed by atoms with E-state index >= 15 is 0 Å². The number of hydrogen-bond donors (Lipinski definition) is 0. The summed E-state index contributed by atoms with van der Waals surface area (Å²) in [6, 6.07) is 8.56. The van der Waals surface area contributed by atoms with Gasteiger partial charge in [-0.1, -0.05) is 56.5 Å². The van der Waals surface area contributed by atoms with E-state index in [1.807, 2.05) is 6.08 Å². The SMILES string of the molecule is C=C/C=C(/C)C(=C)c1ccc(CC)cc1. The number of aryl methyl sites for hydroxylation is 1. The van der Waals surface area contributed by atoms with Gasteiger partial charge >= 0.3 is 0 Å². The van der Waals surface area contributed by atoms with Gasteiger partial charge in [-0.15, -0.1) is 0 Å². The van der Waals surface area contributed by atoms with Crippen LogP contribution in [0.5, 0.6) is 0 Å². The predicted molar refractivity (Wildman–Crippen MR) is 68.8 cm³/mol. The minimum absolute atomic E-state index is 1.07. The summed E-state index contributed by atoms with van der Waals surface area (Å²) in [5.41, 5.74) is 4.77. The lowest BCUT2D eigenvalue weighted by atomic mass is 9.99. The zero-order valence-corrected chi connectivity index (χ0v) is 9.59. The number of hydrogen-bond acceptors (Lipinski definition) is 0. The van der Waals surface area contributed by atoms with Crippen LogP contribution in [0.1, 0.15) is 25.0 Å². The molecule has 0 aliphatic rings. The van der Waals surface area contributed by atoms with Crippen LogP contribution in [-0.4, -0.2) is 0 Å². The monoisotopic (exact) mass is 198 g/mol. The zero-order valence-electron chi connectivity index (χ0n) is 9.59. The summed E-state index contributed by atoms with van der Waals surface area (Å²) in [5.74, 6) is 0. The average molecular weight is 198 g/mol. The average Bonchev–Trinajstić information content (AvgIpc) is 2.28. The normalized spacial score (nSPS) is 11.2. The minimum Gasteiger partial charge on any atom is -0.0991 e. The Morgan fingerprint density at radius 2 is 1.87 bits per heavy atom. The molecule has 0 nitrogen and oxygen atoms in total. The Kier molecular flexibility index (Phi) is 4.11. The summed E-state index contributed by atoms with van der Waals surface area (Å²) in [6.45, 7) is 12.0. The Morgan fingerprint density at radius 3 is 2.33 bits per heavy atom. The van der Waals surface area contributed by atoms with Crippen LogP contribution in [-0.2, 0) is 6.42 Å². The molecule has 0 radical (unpaired) electrons. The Morgan fingerprint density at radius 1 is 1.27 bits per heavy atom. The highest BCUT2D eigenvalue weighted by Gasteiger charge is 1.99. The lowest BCUT2D eigenvalue weighted by Crippen LogP contribution is -1.86. The van der Waals surface area contributed by atoms with E-state index in [1.165, 1.54) is 11.1 Å². The van der Waals surface area contributed by atoms with E-state index in [0.29, 0.717) is 0 Å². The van der Waals surface area contributed by atoms with Gasteiger partial charge in [0.05, 0.1) is 0 Å². The van der Waals surface area contributed by atoms with Gasteiger partial charge < -0.3 is 0 Å². The summed E-state index contributed by atoms with van der Waals surface area (Å²) >= 11 is 0. The molecular formula is C15H18. The van der Waals surface area contributed by atoms with Crippen LogP contribution in [0.25, 0.3) is 5.57 Å². The van der Waals surface area contributed by atoms with Gasteiger partial charge in [-0.05, 0) is 35.6 Å². The van der Waals surface area contributed by atoms with Crippen molar-refractivity contribution in [3.8, 4) is 0 Å². The lowest BCUT2D eigenvalue weighted by Gasteiger charge is -2.06. The van der Waals surface area contributed by atoms with Crippen molar-refractivity contribution in [1.29, 1.82) is 0 Å². The van der Waals surface area contributed by atoms with Crippen molar-refractivity contribution in [1.82, 2.24) is 0 Å². The molecule has 0 unspecified atom stereocenters. The van der Waals surface area contributed by atoms with E-state index in [1.54, 1.807) is 6.08 Å². The van der Waals surface area contributed by atoms with E-state index < -0.39 is 0 Å². The van der Waals surface area contributed by atoms with Crippen molar-refractivity contribution in [3.05, 3.63) is 66.3 Å². The number of allylic oxidation sites excluding steroid dienone is 4. The molecule has 0 fully saturated rings. The van der Waals surface area contributed by atoms with E-state index in [4.69, 9.17) is 0 Å². The second-order valence-corrected chi connectivity index (χ2v) is 3.61. The molecule has 1 rings (SSSR count). The molecule has 0 heterocycles. The fourth-order valence-corrected chi connectivity index (χ4v) is 1.45. The number of benzene rings is 1. The third kappa shape index (κ3) is 2.95. The van der Waals surface area contributed by atoms with Crippen LogP contribution in [0.3, 0.4) is 0 Å². The van der Waals surface area contributed by atoms with E-state index in [9.17, 15) is 0 Å². The minimum atomic E-state index is 1.07. The third-order valence-electron chi connectivity index (χ3n) is 2.55. The van der Waals surface area contributed by atoms with Crippen LogP contribution < -0.4 is 0 Å². The molecule has 15 heavy (non-hydrogen) atoms. The number of rotatable bonds is 4. The van der Waals surface area contributed by atoms with Gasteiger partial charge in [-0.2, -0.15) is 0 Å². The Bertz CT molecular complexity index is 377. The fraction of sp³-hybridized carbons (Fsp3) is 0.200. The molecule has 0 aromatic heterocycles. The van der Waals surface area contributed by atoms with Gasteiger partial charge in [0.15, 0.2) is 0 Å². The molecule has 0 bridgehead atoms. The highest BCUT2D eigenvalue weighted by atomic mass is 14.0. The maximum Gasteiger partial charge on any atom is -0.0187 e. The van der Waals surface area contributed by atoms with Crippen LogP contribution >= 0.6 is 0 Å². The van der Waals surface area contributed by atoms with Gasteiger partial charge in [-0.3, -0.25) is 0 Å². The molecule has 0 saturated carbocycles. The lowest BCUT2D eigenvalue weighted by molar-refractivity contribution is 1.14. The van der Waals surface area contributed by atoms with Crippen LogP contribution in [0.4, 0.5) is 0 Å². The summed E-state index contributed by atoms with van der Waals surface area (Å²) in [4.78, 5) is 0. The quantitative estimate of drug-likeness (QED) is 0.629. The molecule has 0 aliphatic heterocycles. The van der Waals surface area contributed by atoms with Crippen molar-refractivity contribution in [2.45, 2.75) is 20.3 Å². The third-order valence-corrected chi connectivity index (χ3v) is 2.55. The zero-order chi connectivity index (χ0) is 11.3. The largest absolute Gasteiger partial charge is 0.0991 e. The molecule has 0 atom stereocenters. The van der Waals surface area contributed by atoms with Gasteiger partial charge in [0, 0.05) is 0 Å². The molecule has 78 valence electrons. The predicted octanol–water partition coefficient (Wildman–Crippen LogP) is 4.39. The standard InChI is InChI=1S/C15H18/c1-5-7-12(3)13(4)15-10-8-14(6-2)9-11-15/h5,7-11H,1,4,6H2,2-3H3/b12-7-. The van der Waals surface area contributed by atoms with Crippen molar-refractivity contribution < 1.29 is 0 Å². The molecule has 0 saturated heterocycles. The van der Waals surface area contributed by atoms with Gasteiger partial charge in [0.2, 0.25) is 0 Å². The molecule has 0 heteroatoms. The summed E-state index contributed by atoms with van der Waals surface area (Å²) in [5, 5.41) is 0. The topological polar surface area (TPSA) is 0 Å². The molecule has 0 N–H and O–H groups in total. The molecule has 0 spiro atoms.